The lowest BCUT2D eigenvalue weighted by Gasteiger charge is -2.16. The van der Waals surface area contributed by atoms with E-state index >= 15 is 0 Å². The van der Waals surface area contributed by atoms with Gasteiger partial charge in [-0.2, -0.15) is 13.2 Å². The highest BCUT2D eigenvalue weighted by atomic mass is 79.9. The van der Waals surface area contributed by atoms with Crippen molar-refractivity contribution in [1.82, 2.24) is 0 Å². The van der Waals surface area contributed by atoms with Gasteiger partial charge < -0.3 is 10.6 Å². The van der Waals surface area contributed by atoms with Crippen LogP contribution < -0.4 is 10.6 Å². The summed E-state index contributed by atoms with van der Waals surface area (Å²) in [6.07, 6.45) is -4.23. The van der Waals surface area contributed by atoms with Crippen LogP contribution in [0.5, 0.6) is 0 Å². The molecule has 0 spiro atoms. The predicted octanol–water partition coefficient (Wildman–Crippen LogP) is 3.61. The number of hydrogen-bond donors (Lipinski definition) is 2. The molecule has 0 radical (unpaired) electrons. The molecule has 7 heteroatoms. The number of hydrogen-bond acceptors (Lipinski definition) is 2. The lowest BCUT2D eigenvalue weighted by atomic mass is 10.1. The number of carbonyl (C=O) groups is 1. The van der Waals surface area contributed by atoms with E-state index in [1.807, 2.05) is 0 Å². The maximum atomic E-state index is 12.7. The van der Waals surface area contributed by atoms with Crippen LogP contribution >= 0.6 is 15.9 Å². The molecule has 1 aliphatic heterocycles. The minimum atomic E-state index is -4.44. The predicted molar refractivity (Wildman–Crippen MR) is 65.5 cm³/mol. The summed E-state index contributed by atoms with van der Waals surface area (Å²) in [5, 5.41) is 5.48. The highest BCUT2D eigenvalue weighted by Crippen LogP contribution is 2.40. The second kappa shape index (κ2) is 4.46. The van der Waals surface area contributed by atoms with Crippen molar-refractivity contribution < 1.29 is 18.0 Å². The van der Waals surface area contributed by atoms with E-state index in [9.17, 15) is 18.0 Å². The Labute approximate surface area is 110 Å². The zero-order chi connectivity index (χ0) is 13.5. The topological polar surface area (TPSA) is 41.1 Å². The third-order valence-electron chi connectivity index (χ3n) is 2.57. The molecule has 0 aromatic heterocycles. The molecule has 0 fully saturated rings. The molecule has 1 aromatic rings. The summed E-state index contributed by atoms with van der Waals surface area (Å²) in [6, 6.07) is 1.79. The van der Waals surface area contributed by atoms with Crippen molar-refractivity contribution in [3.05, 3.63) is 22.2 Å². The van der Waals surface area contributed by atoms with E-state index in [2.05, 4.69) is 26.6 Å². The molecule has 1 amide bonds. The lowest BCUT2D eigenvalue weighted by Crippen LogP contribution is -2.18. The number of anilines is 2. The number of carbonyl (C=O) groups excluding carboxylic acids is 1. The van der Waals surface area contributed by atoms with Crippen molar-refractivity contribution >= 4 is 33.2 Å². The van der Waals surface area contributed by atoms with E-state index in [4.69, 9.17) is 0 Å². The Balaban J connectivity index is 2.53. The number of rotatable bonds is 0. The number of halogens is 4. The second-order valence-electron chi connectivity index (χ2n) is 4.18. The van der Waals surface area contributed by atoms with E-state index in [-0.39, 0.29) is 28.5 Å². The van der Waals surface area contributed by atoms with Crippen LogP contribution in [0.1, 0.15) is 18.9 Å². The summed E-state index contributed by atoms with van der Waals surface area (Å²) in [5.74, 6) is -0.306. The lowest BCUT2D eigenvalue weighted by molar-refractivity contribution is -0.137. The fourth-order valence-electron chi connectivity index (χ4n) is 1.79. The van der Waals surface area contributed by atoms with Crippen LogP contribution in [0.2, 0.25) is 0 Å². The van der Waals surface area contributed by atoms with E-state index in [1.165, 1.54) is 0 Å². The van der Waals surface area contributed by atoms with Gasteiger partial charge in [-0.25, -0.2) is 0 Å². The summed E-state index contributed by atoms with van der Waals surface area (Å²) in [6.45, 7) is 1.79. The standard InChI is InChI=1S/C11H10BrF3N2O/c1-5-2-9(18)17-8-4-6(11(13,14)15)3-7(12)10(8)16-5/h3-5,16H,2H2,1H3,(H,17,18). The first-order valence-electron chi connectivity index (χ1n) is 5.24. The minimum Gasteiger partial charge on any atom is -0.379 e. The fraction of sp³-hybridized carbons (Fsp3) is 0.364. The Kier molecular flexibility index (Phi) is 3.27. The van der Waals surface area contributed by atoms with Crippen LogP contribution in [-0.2, 0) is 11.0 Å². The van der Waals surface area contributed by atoms with Crippen molar-refractivity contribution in [2.24, 2.45) is 0 Å². The number of amides is 1. The smallest absolute Gasteiger partial charge is 0.379 e. The molecular weight excluding hydrogens is 313 g/mol. The van der Waals surface area contributed by atoms with Gasteiger partial charge in [-0.3, -0.25) is 4.79 Å². The van der Waals surface area contributed by atoms with Crippen LogP contribution in [0.25, 0.3) is 0 Å². The van der Waals surface area contributed by atoms with Gasteiger partial charge in [0.1, 0.15) is 0 Å². The molecule has 1 unspecified atom stereocenters. The maximum absolute atomic E-state index is 12.7. The average Bonchev–Trinajstić information content (AvgIpc) is 2.34. The molecule has 0 saturated carbocycles. The third kappa shape index (κ3) is 2.60. The molecule has 1 aromatic carbocycles. The van der Waals surface area contributed by atoms with Gasteiger partial charge in [0.15, 0.2) is 0 Å². The van der Waals surface area contributed by atoms with Crippen molar-refractivity contribution in [2.75, 3.05) is 10.6 Å². The molecule has 3 nitrogen and oxygen atoms in total. The molecule has 2 rings (SSSR count). The largest absolute Gasteiger partial charge is 0.416 e. The Morgan fingerprint density at radius 3 is 2.67 bits per heavy atom. The fourth-order valence-corrected chi connectivity index (χ4v) is 2.37. The highest BCUT2D eigenvalue weighted by Gasteiger charge is 2.33. The van der Waals surface area contributed by atoms with E-state index in [0.717, 1.165) is 12.1 Å². The van der Waals surface area contributed by atoms with Crippen molar-refractivity contribution in [2.45, 2.75) is 25.6 Å². The van der Waals surface area contributed by atoms with Crippen LogP contribution in [-0.4, -0.2) is 11.9 Å². The number of alkyl halides is 3. The molecule has 0 saturated heterocycles. The molecule has 18 heavy (non-hydrogen) atoms. The Bertz CT molecular complexity index is 502. The van der Waals surface area contributed by atoms with Crippen LogP contribution in [0.3, 0.4) is 0 Å². The van der Waals surface area contributed by atoms with Crippen LogP contribution in [0.4, 0.5) is 24.5 Å². The van der Waals surface area contributed by atoms with Crippen molar-refractivity contribution in [1.29, 1.82) is 0 Å². The average molecular weight is 323 g/mol. The summed E-state index contributed by atoms with van der Waals surface area (Å²) in [4.78, 5) is 11.5. The molecule has 98 valence electrons. The Morgan fingerprint density at radius 2 is 2.06 bits per heavy atom. The number of nitrogens with one attached hydrogen (secondary N) is 2. The van der Waals surface area contributed by atoms with Gasteiger partial charge in [-0.05, 0) is 35.0 Å². The molecule has 0 bridgehead atoms. The van der Waals surface area contributed by atoms with E-state index in [0.29, 0.717) is 5.69 Å². The maximum Gasteiger partial charge on any atom is 0.416 e. The highest BCUT2D eigenvalue weighted by molar-refractivity contribution is 9.10. The van der Waals surface area contributed by atoms with Gasteiger partial charge in [0.05, 0.1) is 16.9 Å². The van der Waals surface area contributed by atoms with Gasteiger partial charge in [0.25, 0.3) is 0 Å². The third-order valence-corrected chi connectivity index (χ3v) is 3.20. The quantitative estimate of drug-likeness (QED) is 0.766. The normalized spacial score (nSPS) is 19.6. The SMILES string of the molecule is CC1CC(=O)Nc2cc(C(F)(F)F)cc(Br)c2N1. The zero-order valence-corrected chi connectivity index (χ0v) is 10.9. The van der Waals surface area contributed by atoms with E-state index in [1.54, 1.807) is 6.92 Å². The van der Waals surface area contributed by atoms with Gasteiger partial charge in [0.2, 0.25) is 5.91 Å². The summed E-state index contributed by atoms with van der Waals surface area (Å²) < 4.78 is 38.3. The molecule has 1 atom stereocenters. The van der Waals surface area contributed by atoms with Crippen molar-refractivity contribution in [3.63, 3.8) is 0 Å². The summed E-state index contributed by atoms with van der Waals surface area (Å²) in [5.41, 5.74) is -0.183. The number of fused-ring (bicyclic) bond motifs is 1. The summed E-state index contributed by atoms with van der Waals surface area (Å²) >= 11 is 3.09. The monoisotopic (exact) mass is 322 g/mol. The van der Waals surface area contributed by atoms with Crippen molar-refractivity contribution in [3.8, 4) is 0 Å². The van der Waals surface area contributed by atoms with Gasteiger partial charge in [-0.15, -0.1) is 0 Å². The Hall–Kier alpha value is -1.24. The molecule has 0 aliphatic carbocycles. The molecule has 1 heterocycles. The molecular formula is C11H10BrF3N2O. The molecule has 2 N–H and O–H groups in total. The van der Waals surface area contributed by atoms with E-state index < -0.39 is 11.7 Å². The first kappa shape index (κ1) is 13.2. The van der Waals surface area contributed by atoms with Gasteiger partial charge in [0, 0.05) is 16.9 Å². The summed E-state index contributed by atoms with van der Waals surface area (Å²) in [7, 11) is 0. The second-order valence-corrected chi connectivity index (χ2v) is 5.03. The van der Waals surface area contributed by atoms with Gasteiger partial charge in [-0.1, -0.05) is 0 Å². The first-order valence-corrected chi connectivity index (χ1v) is 6.04. The minimum absolute atomic E-state index is 0.140. The van der Waals surface area contributed by atoms with Crippen LogP contribution in [0.15, 0.2) is 16.6 Å². The van der Waals surface area contributed by atoms with Gasteiger partial charge >= 0.3 is 6.18 Å². The number of benzene rings is 1. The zero-order valence-electron chi connectivity index (χ0n) is 9.36. The first-order chi connectivity index (χ1) is 8.27. The van der Waals surface area contributed by atoms with Crippen LogP contribution in [0, 0.1) is 0 Å². The Morgan fingerprint density at radius 1 is 1.39 bits per heavy atom. The molecule has 1 aliphatic rings.